The number of fused-ring (bicyclic) bond motifs is 1. The fraction of sp³-hybridized carbons (Fsp3) is 0.348. The zero-order valence-electron chi connectivity index (χ0n) is 18.1. The Balaban J connectivity index is 1.85. The molecule has 0 bridgehead atoms. The number of likely N-dealkylation sites (tertiary alicyclic amines) is 1. The highest BCUT2D eigenvalue weighted by atomic mass is 32.2. The molecule has 1 N–H and O–H groups in total. The number of piperidine rings is 1. The van der Waals surface area contributed by atoms with E-state index < -0.39 is 21.7 Å². The lowest BCUT2D eigenvalue weighted by molar-refractivity contribution is 0.0693. The Morgan fingerprint density at radius 1 is 1.03 bits per heavy atom. The van der Waals surface area contributed by atoms with Crippen molar-refractivity contribution >= 4 is 32.6 Å². The van der Waals surface area contributed by atoms with Crippen molar-refractivity contribution in [2.75, 3.05) is 17.8 Å². The summed E-state index contributed by atoms with van der Waals surface area (Å²) >= 11 is 0. The topological polar surface area (TPSA) is 79.6 Å². The number of rotatable bonds is 4. The molecule has 0 radical (unpaired) electrons. The van der Waals surface area contributed by atoms with Gasteiger partial charge in [-0.3, -0.25) is 9.52 Å². The van der Waals surface area contributed by atoms with Crippen molar-refractivity contribution < 1.29 is 26.4 Å². The molecule has 0 atom stereocenters. The van der Waals surface area contributed by atoms with Crippen LogP contribution in [0.3, 0.4) is 0 Å². The summed E-state index contributed by atoms with van der Waals surface area (Å²) < 4.78 is 62.0. The van der Waals surface area contributed by atoms with Crippen LogP contribution in [0.15, 0.2) is 33.6 Å². The maximum Gasteiger partial charge on any atom is 0.289 e. The van der Waals surface area contributed by atoms with E-state index in [-0.39, 0.29) is 27.8 Å². The summed E-state index contributed by atoms with van der Waals surface area (Å²) in [7, 11) is -4.31. The second-order valence-electron chi connectivity index (χ2n) is 8.16. The van der Waals surface area contributed by atoms with Gasteiger partial charge in [-0.2, -0.15) is 0 Å². The molecule has 2 heterocycles. The largest absolute Gasteiger partial charge is 0.449 e. The van der Waals surface area contributed by atoms with Crippen LogP contribution in [0, 0.1) is 32.4 Å². The summed E-state index contributed by atoms with van der Waals surface area (Å²) in [5, 5.41) is 0.508. The minimum atomic E-state index is -4.31. The van der Waals surface area contributed by atoms with Gasteiger partial charge < -0.3 is 9.32 Å². The summed E-state index contributed by atoms with van der Waals surface area (Å²) in [6.07, 6.45) is 2.89. The predicted molar refractivity (Wildman–Crippen MR) is 117 cm³/mol. The zero-order valence-corrected chi connectivity index (χ0v) is 18.9. The molecule has 1 fully saturated rings. The number of sulfonamides is 1. The summed E-state index contributed by atoms with van der Waals surface area (Å²) in [4.78, 5) is 14.6. The summed E-state index contributed by atoms with van der Waals surface area (Å²) in [5.41, 5.74) is 1.31. The van der Waals surface area contributed by atoms with E-state index >= 15 is 0 Å². The Labute approximate surface area is 185 Å². The van der Waals surface area contributed by atoms with Gasteiger partial charge in [0.25, 0.3) is 15.9 Å². The molecular formula is C23H24F2N2O4S. The van der Waals surface area contributed by atoms with Crippen LogP contribution in [0.2, 0.25) is 0 Å². The Hall–Kier alpha value is -2.94. The molecule has 4 rings (SSSR count). The SMILES string of the molecule is Cc1cc2c(C)c(C(=O)N3CCCCC3)oc2c(S(=O)(=O)Nc2ccc(F)cc2F)c1C. The number of anilines is 1. The number of carbonyl (C=O) groups excluding carboxylic acids is 1. The molecule has 0 saturated carbocycles. The quantitative estimate of drug-likeness (QED) is 0.588. The third kappa shape index (κ3) is 3.85. The monoisotopic (exact) mass is 462 g/mol. The summed E-state index contributed by atoms with van der Waals surface area (Å²) in [5.74, 6) is -2.01. The number of nitrogens with one attached hydrogen (secondary N) is 1. The highest BCUT2D eigenvalue weighted by Crippen LogP contribution is 2.36. The highest BCUT2D eigenvalue weighted by molar-refractivity contribution is 7.93. The third-order valence-corrected chi connectivity index (χ3v) is 7.49. The van der Waals surface area contributed by atoms with Gasteiger partial charge in [0.2, 0.25) is 0 Å². The van der Waals surface area contributed by atoms with Crippen LogP contribution in [0.5, 0.6) is 0 Å². The first-order valence-electron chi connectivity index (χ1n) is 10.4. The molecule has 1 saturated heterocycles. The second kappa shape index (κ2) is 8.20. The first kappa shape index (κ1) is 22.3. The lowest BCUT2D eigenvalue weighted by atomic mass is 10.0. The van der Waals surface area contributed by atoms with E-state index in [1.54, 1.807) is 31.7 Å². The number of carbonyl (C=O) groups is 1. The fourth-order valence-electron chi connectivity index (χ4n) is 4.08. The maximum absolute atomic E-state index is 14.1. The molecule has 32 heavy (non-hydrogen) atoms. The molecule has 1 amide bonds. The number of hydrogen-bond donors (Lipinski definition) is 1. The van der Waals surface area contributed by atoms with E-state index in [9.17, 15) is 22.0 Å². The number of aryl methyl sites for hydroxylation is 2. The van der Waals surface area contributed by atoms with Gasteiger partial charge in [0.15, 0.2) is 11.3 Å². The van der Waals surface area contributed by atoms with Crippen LogP contribution in [-0.4, -0.2) is 32.3 Å². The number of nitrogens with zero attached hydrogens (tertiary/aromatic N) is 1. The van der Waals surface area contributed by atoms with Crippen molar-refractivity contribution in [1.82, 2.24) is 4.90 Å². The molecule has 0 spiro atoms. The van der Waals surface area contributed by atoms with Crippen molar-refractivity contribution in [3.8, 4) is 0 Å². The lowest BCUT2D eigenvalue weighted by Gasteiger charge is -2.25. The number of benzene rings is 2. The number of furan rings is 1. The minimum absolute atomic E-state index is 0.0426. The maximum atomic E-state index is 14.1. The summed E-state index contributed by atoms with van der Waals surface area (Å²) in [6.45, 7) is 6.36. The summed E-state index contributed by atoms with van der Waals surface area (Å²) in [6, 6.07) is 4.37. The highest BCUT2D eigenvalue weighted by Gasteiger charge is 2.30. The Morgan fingerprint density at radius 2 is 1.72 bits per heavy atom. The van der Waals surface area contributed by atoms with E-state index in [1.807, 2.05) is 0 Å². The van der Waals surface area contributed by atoms with Crippen LogP contribution in [0.1, 0.15) is 46.5 Å². The standard InChI is InChI=1S/C23H24F2N2O4S/c1-13-11-17-15(3)20(23(28)27-9-5-4-6-10-27)31-21(17)22(14(13)2)32(29,30)26-19-8-7-16(24)12-18(19)25/h7-8,11-12,26H,4-6,9-10H2,1-3H3. The average molecular weight is 463 g/mol. The minimum Gasteiger partial charge on any atom is -0.449 e. The molecule has 170 valence electrons. The first-order valence-corrected chi connectivity index (χ1v) is 11.9. The lowest BCUT2D eigenvalue weighted by Crippen LogP contribution is -2.35. The van der Waals surface area contributed by atoms with Gasteiger partial charge >= 0.3 is 0 Å². The van der Waals surface area contributed by atoms with Gasteiger partial charge in [-0.15, -0.1) is 0 Å². The van der Waals surface area contributed by atoms with E-state index in [2.05, 4.69) is 4.72 Å². The number of hydrogen-bond acceptors (Lipinski definition) is 4. The first-order chi connectivity index (χ1) is 15.1. The zero-order chi connectivity index (χ0) is 23.2. The molecule has 2 aromatic carbocycles. The Morgan fingerprint density at radius 3 is 2.38 bits per heavy atom. The third-order valence-electron chi connectivity index (χ3n) is 5.97. The van der Waals surface area contributed by atoms with Gasteiger partial charge in [-0.25, -0.2) is 17.2 Å². The number of halogens is 2. The Kier molecular flexibility index (Phi) is 5.70. The van der Waals surface area contributed by atoms with Gasteiger partial charge in [-0.1, -0.05) is 0 Å². The van der Waals surface area contributed by atoms with Crippen LogP contribution in [-0.2, 0) is 10.0 Å². The molecule has 0 unspecified atom stereocenters. The fourth-order valence-corrected chi connectivity index (χ4v) is 5.60. The molecule has 9 heteroatoms. The van der Waals surface area contributed by atoms with Crippen LogP contribution in [0.4, 0.5) is 14.5 Å². The van der Waals surface area contributed by atoms with E-state index in [0.717, 1.165) is 31.4 Å². The van der Waals surface area contributed by atoms with Crippen LogP contribution < -0.4 is 4.72 Å². The van der Waals surface area contributed by atoms with Gasteiger partial charge in [0, 0.05) is 30.1 Å². The molecule has 3 aromatic rings. The van der Waals surface area contributed by atoms with Crippen LogP contribution >= 0.6 is 0 Å². The van der Waals surface area contributed by atoms with E-state index in [0.29, 0.717) is 41.2 Å². The predicted octanol–water partition coefficient (Wildman–Crippen LogP) is 5.06. The van der Waals surface area contributed by atoms with Crippen molar-refractivity contribution in [2.24, 2.45) is 0 Å². The van der Waals surface area contributed by atoms with Gasteiger partial charge in [0.05, 0.1) is 5.69 Å². The van der Waals surface area contributed by atoms with Crippen molar-refractivity contribution in [3.63, 3.8) is 0 Å². The molecular weight excluding hydrogens is 438 g/mol. The van der Waals surface area contributed by atoms with Gasteiger partial charge in [-0.05, 0) is 69.4 Å². The molecule has 6 nitrogen and oxygen atoms in total. The van der Waals surface area contributed by atoms with Gasteiger partial charge in [0.1, 0.15) is 16.5 Å². The van der Waals surface area contributed by atoms with Crippen LogP contribution in [0.25, 0.3) is 11.0 Å². The average Bonchev–Trinajstić information content (AvgIpc) is 3.06. The van der Waals surface area contributed by atoms with Crippen molar-refractivity contribution in [3.05, 3.63) is 58.4 Å². The van der Waals surface area contributed by atoms with E-state index in [4.69, 9.17) is 4.42 Å². The van der Waals surface area contributed by atoms with Crippen molar-refractivity contribution in [2.45, 2.75) is 44.9 Å². The van der Waals surface area contributed by atoms with E-state index in [1.165, 1.54) is 0 Å². The molecule has 1 aliphatic rings. The van der Waals surface area contributed by atoms with Crippen molar-refractivity contribution in [1.29, 1.82) is 0 Å². The second-order valence-corrected chi connectivity index (χ2v) is 9.78. The molecule has 1 aromatic heterocycles. The molecule has 1 aliphatic heterocycles. The smallest absolute Gasteiger partial charge is 0.289 e. The molecule has 0 aliphatic carbocycles. The number of amides is 1. The normalized spacial score (nSPS) is 14.7. The Bertz CT molecular complexity index is 1330.